The van der Waals surface area contributed by atoms with Crippen LogP contribution < -0.4 is 0 Å². The monoisotopic (exact) mass is 306 g/mol. The van der Waals surface area contributed by atoms with Gasteiger partial charge in [-0.1, -0.05) is 64.7 Å². The highest BCUT2D eigenvalue weighted by Crippen LogP contribution is 2.57. The first-order chi connectivity index (χ1) is 10.6. The third-order valence-electron chi connectivity index (χ3n) is 7.27. The van der Waals surface area contributed by atoms with E-state index >= 15 is 0 Å². The highest BCUT2D eigenvalue weighted by molar-refractivity contribution is 5.76. The second-order valence-electron chi connectivity index (χ2n) is 8.57. The third kappa shape index (κ3) is 2.95. The number of carboxylic acids is 1. The van der Waals surface area contributed by atoms with Crippen LogP contribution in [0.4, 0.5) is 0 Å². The number of hydrogen-bond donors (Lipinski definition) is 1. The number of carboxylic acid groups (broad SMARTS) is 1. The molecule has 3 aliphatic carbocycles. The van der Waals surface area contributed by atoms with Gasteiger partial charge < -0.3 is 5.11 Å². The lowest BCUT2D eigenvalue weighted by molar-refractivity contribution is -0.168. The molecule has 3 fully saturated rings. The molecule has 22 heavy (non-hydrogen) atoms. The van der Waals surface area contributed by atoms with Gasteiger partial charge in [0, 0.05) is 0 Å². The van der Waals surface area contributed by atoms with Crippen molar-refractivity contribution in [2.24, 2.45) is 29.1 Å². The number of aliphatic carboxylic acids is 1. The predicted octanol–water partition coefficient (Wildman–Crippen LogP) is 5.65. The Morgan fingerprint density at radius 1 is 0.864 bits per heavy atom. The van der Waals surface area contributed by atoms with Crippen LogP contribution in [-0.2, 0) is 4.79 Å². The Morgan fingerprint density at radius 2 is 1.45 bits per heavy atom. The van der Waals surface area contributed by atoms with Gasteiger partial charge in [0.15, 0.2) is 0 Å². The topological polar surface area (TPSA) is 37.3 Å². The largest absolute Gasteiger partial charge is 0.481 e. The van der Waals surface area contributed by atoms with Crippen molar-refractivity contribution in [1.29, 1.82) is 0 Å². The van der Waals surface area contributed by atoms with Crippen LogP contribution in [0.3, 0.4) is 0 Å². The van der Waals surface area contributed by atoms with E-state index in [0.29, 0.717) is 23.7 Å². The van der Waals surface area contributed by atoms with E-state index in [4.69, 9.17) is 0 Å². The van der Waals surface area contributed by atoms with Gasteiger partial charge in [-0.15, -0.1) is 0 Å². The summed E-state index contributed by atoms with van der Waals surface area (Å²) in [6, 6.07) is 0. The lowest BCUT2D eigenvalue weighted by Gasteiger charge is -2.52. The molecule has 2 heteroatoms. The van der Waals surface area contributed by atoms with E-state index in [2.05, 4.69) is 6.92 Å². The Balaban J connectivity index is 1.90. The summed E-state index contributed by atoms with van der Waals surface area (Å²) < 4.78 is 0. The normalized spacial score (nSPS) is 38.8. The molecule has 3 unspecified atom stereocenters. The summed E-state index contributed by atoms with van der Waals surface area (Å²) in [4.78, 5) is 12.6. The van der Waals surface area contributed by atoms with E-state index in [1.165, 1.54) is 77.0 Å². The van der Waals surface area contributed by atoms with Crippen molar-refractivity contribution < 1.29 is 9.90 Å². The van der Waals surface area contributed by atoms with Gasteiger partial charge in [0.1, 0.15) is 0 Å². The molecule has 0 aromatic heterocycles. The SMILES string of the molecule is CC1CCC(C2CCCCC2)C(C(=O)O)(C2CCCCC2)C1. The summed E-state index contributed by atoms with van der Waals surface area (Å²) in [7, 11) is 0. The summed E-state index contributed by atoms with van der Waals surface area (Å²) in [6.45, 7) is 2.29. The van der Waals surface area contributed by atoms with Crippen molar-refractivity contribution >= 4 is 5.97 Å². The maximum atomic E-state index is 12.6. The van der Waals surface area contributed by atoms with Crippen molar-refractivity contribution in [2.75, 3.05) is 0 Å². The van der Waals surface area contributed by atoms with E-state index in [1.807, 2.05) is 0 Å². The average Bonchev–Trinajstić information content (AvgIpc) is 2.56. The highest BCUT2D eigenvalue weighted by atomic mass is 16.4. The Labute approximate surface area is 136 Å². The minimum Gasteiger partial charge on any atom is -0.481 e. The van der Waals surface area contributed by atoms with Gasteiger partial charge in [-0.3, -0.25) is 4.79 Å². The molecular weight excluding hydrogens is 272 g/mol. The fourth-order valence-electron chi connectivity index (χ4n) is 6.25. The Kier molecular flexibility index (Phi) is 5.14. The van der Waals surface area contributed by atoms with E-state index in [-0.39, 0.29) is 5.41 Å². The van der Waals surface area contributed by atoms with Gasteiger partial charge in [0.2, 0.25) is 0 Å². The zero-order valence-electron chi connectivity index (χ0n) is 14.4. The first kappa shape index (κ1) is 16.3. The second kappa shape index (κ2) is 6.93. The summed E-state index contributed by atoms with van der Waals surface area (Å²) in [6.07, 6.45) is 16.2. The maximum absolute atomic E-state index is 12.6. The summed E-state index contributed by atoms with van der Waals surface area (Å²) in [5, 5.41) is 10.4. The van der Waals surface area contributed by atoms with Gasteiger partial charge in [0.25, 0.3) is 0 Å². The lowest BCUT2D eigenvalue weighted by atomic mass is 9.51. The van der Waals surface area contributed by atoms with Gasteiger partial charge in [-0.25, -0.2) is 0 Å². The minimum atomic E-state index is -0.443. The van der Waals surface area contributed by atoms with Crippen molar-refractivity contribution in [3.05, 3.63) is 0 Å². The van der Waals surface area contributed by atoms with Crippen LogP contribution in [0.15, 0.2) is 0 Å². The van der Waals surface area contributed by atoms with Crippen LogP contribution in [-0.4, -0.2) is 11.1 Å². The van der Waals surface area contributed by atoms with Gasteiger partial charge in [-0.2, -0.15) is 0 Å². The van der Waals surface area contributed by atoms with Crippen molar-refractivity contribution in [3.63, 3.8) is 0 Å². The van der Waals surface area contributed by atoms with Crippen LogP contribution in [0.5, 0.6) is 0 Å². The molecule has 0 radical (unpaired) electrons. The molecule has 0 amide bonds. The molecule has 126 valence electrons. The first-order valence-corrected chi connectivity index (χ1v) is 9.88. The standard InChI is InChI=1S/C20H34O2/c1-15-12-13-18(16-8-4-2-5-9-16)20(14-15,19(21)22)17-10-6-3-7-11-17/h15-18H,2-14H2,1H3,(H,21,22). The van der Waals surface area contributed by atoms with Crippen molar-refractivity contribution in [3.8, 4) is 0 Å². The molecule has 3 aliphatic rings. The van der Waals surface area contributed by atoms with Crippen LogP contribution in [0.2, 0.25) is 0 Å². The van der Waals surface area contributed by atoms with E-state index in [0.717, 1.165) is 6.42 Å². The Bertz CT molecular complexity index is 379. The van der Waals surface area contributed by atoms with Gasteiger partial charge in [0.05, 0.1) is 5.41 Å². The van der Waals surface area contributed by atoms with Gasteiger partial charge >= 0.3 is 5.97 Å². The summed E-state index contributed by atoms with van der Waals surface area (Å²) in [5.74, 6) is 1.76. The van der Waals surface area contributed by atoms with E-state index in [1.54, 1.807) is 0 Å². The molecule has 2 nitrogen and oxygen atoms in total. The van der Waals surface area contributed by atoms with Crippen LogP contribution in [0.25, 0.3) is 0 Å². The quantitative estimate of drug-likeness (QED) is 0.731. The van der Waals surface area contributed by atoms with Crippen molar-refractivity contribution in [1.82, 2.24) is 0 Å². The van der Waals surface area contributed by atoms with Crippen molar-refractivity contribution in [2.45, 2.75) is 90.4 Å². The number of hydrogen-bond acceptors (Lipinski definition) is 1. The Morgan fingerprint density at radius 3 is 2.05 bits per heavy atom. The zero-order valence-corrected chi connectivity index (χ0v) is 14.4. The van der Waals surface area contributed by atoms with Crippen LogP contribution in [0, 0.1) is 29.1 Å². The average molecular weight is 306 g/mol. The van der Waals surface area contributed by atoms with E-state index < -0.39 is 5.97 Å². The molecule has 0 heterocycles. The predicted molar refractivity (Wildman–Crippen MR) is 89.7 cm³/mol. The molecule has 0 aliphatic heterocycles. The highest BCUT2D eigenvalue weighted by Gasteiger charge is 2.55. The van der Waals surface area contributed by atoms with E-state index in [9.17, 15) is 9.90 Å². The molecule has 3 rings (SSSR count). The molecule has 0 saturated heterocycles. The molecule has 3 atom stereocenters. The number of rotatable bonds is 3. The fraction of sp³-hybridized carbons (Fsp3) is 0.950. The molecule has 0 bridgehead atoms. The van der Waals surface area contributed by atoms with Gasteiger partial charge in [-0.05, 0) is 49.4 Å². The lowest BCUT2D eigenvalue weighted by Crippen LogP contribution is -2.52. The maximum Gasteiger partial charge on any atom is 0.310 e. The second-order valence-corrected chi connectivity index (χ2v) is 8.57. The summed E-state index contributed by atoms with van der Waals surface area (Å²) >= 11 is 0. The number of carbonyl (C=O) groups is 1. The molecule has 0 aromatic rings. The Hall–Kier alpha value is -0.530. The molecule has 1 N–H and O–H groups in total. The molecular formula is C20H34O2. The zero-order chi connectivity index (χ0) is 15.6. The minimum absolute atomic E-state index is 0.389. The van der Waals surface area contributed by atoms with Crippen LogP contribution in [0.1, 0.15) is 90.4 Å². The third-order valence-corrected chi connectivity index (χ3v) is 7.27. The fourth-order valence-corrected chi connectivity index (χ4v) is 6.25. The van der Waals surface area contributed by atoms with Crippen LogP contribution >= 0.6 is 0 Å². The molecule has 0 spiro atoms. The smallest absolute Gasteiger partial charge is 0.310 e. The molecule has 3 saturated carbocycles. The summed E-state index contributed by atoms with van der Waals surface area (Å²) in [5.41, 5.74) is -0.389. The first-order valence-electron chi connectivity index (χ1n) is 9.88. The molecule has 0 aromatic carbocycles.